The molecule has 24 heavy (non-hydrogen) atoms. The molecule has 3 rings (SSSR count). The van der Waals surface area contributed by atoms with E-state index in [0.29, 0.717) is 12.1 Å². The van der Waals surface area contributed by atoms with Crippen molar-refractivity contribution < 1.29 is 9.59 Å². The first kappa shape index (κ1) is 16.2. The summed E-state index contributed by atoms with van der Waals surface area (Å²) in [6, 6.07) is 16.7. The maximum Gasteiger partial charge on any atom is 0.253 e. The summed E-state index contributed by atoms with van der Waals surface area (Å²) in [5, 5.41) is 2.89. The van der Waals surface area contributed by atoms with E-state index in [1.807, 2.05) is 47.4 Å². The summed E-state index contributed by atoms with van der Waals surface area (Å²) in [4.78, 5) is 26.4. The minimum Gasteiger partial charge on any atom is -0.348 e. The molecule has 0 aliphatic carbocycles. The highest BCUT2D eigenvalue weighted by Gasteiger charge is 2.17. The van der Waals surface area contributed by atoms with Crippen LogP contribution in [0, 0.1) is 0 Å². The molecule has 1 fully saturated rings. The molecule has 2 amide bonds. The molecule has 2 aromatic carbocycles. The van der Waals surface area contributed by atoms with Gasteiger partial charge in [-0.25, -0.2) is 0 Å². The Hall–Kier alpha value is -2.62. The predicted molar refractivity (Wildman–Crippen MR) is 93.8 cm³/mol. The van der Waals surface area contributed by atoms with Gasteiger partial charge in [0.05, 0.1) is 0 Å². The standard InChI is InChI=1S/C20H22N2O2/c23-19(17-7-3-1-4-8-17)21-15-16-9-11-18(12-10-16)20(24)22-13-5-2-6-14-22/h1,3-4,7-12H,2,5-6,13-15H2,(H,21,23). The van der Waals surface area contributed by atoms with Gasteiger partial charge in [0, 0.05) is 30.8 Å². The lowest BCUT2D eigenvalue weighted by Gasteiger charge is -2.26. The molecule has 0 radical (unpaired) electrons. The fourth-order valence-electron chi connectivity index (χ4n) is 2.92. The third-order valence-corrected chi connectivity index (χ3v) is 4.33. The van der Waals surface area contributed by atoms with E-state index in [-0.39, 0.29) is 11.8 Å². The van der Waals surface area contributed by atoms with E-state index in [2.05, 4.69) is 5.32 Å². The van der Waals surface area contributed by atoms with Crippen molar-refractivity contribution in [2.45, 2.75) is 25.8 Å². The van der Waals surface area contributed by atoms with Crippen molar-refractivity contribution in [2.24, 2.45) is 0 Å². The number of carbonyl (C=O) groups is 2. The fourth-order valence-corrected chi connectivity index (χ4v) is 2.92. The zero-order chi connectivity index (χ0) is 16.8. The van der Waals surface area contributed by atoms with Gasteiger partial charge in [0.1, 0.15) is 0 Å². The molecule has 4 nitrogen and oxygen atoms in total. The summed E-state index contributed by atoms with van der Waals surface area (Å²) in [5.41, 5.74) is 2.35. The molecule has 0 aromatic heterocycles. The van der Waals surface area contributed by atoms with E-state index < -0.39 is 0 Å². The zero-order valence-electron chi connectivity index (χ0n) is 13.7. The van der Waals surface area contributed by atoms with Crippen molar-refractivity contribution in [2.75, 3.05) is 13.1 Å². The first-order valence-corrected chi connectivity index (χ1v) is 8.45. The van der Waals surface area contributed by atoms with Gasteiger partial charge < -0.3 is 10.2 Å². The van der Waals surface area contributed by atoms with Gasteiger partial charge in [-0.05, 0) is 49.1 Å². The fraction of sp³-hybridized carbons (Fsp3) is 0.300. The largest absolute Gasteiger partial charge is 0.348 e. The predicted octanol–water partition coefficient (Wildman–Crippen LogP) is 3.24. The zero-order valence-corrected chi connectivity index (χ0v) is 13.7. The molecule has 0 atom stereocenters. The topological polar surface area (TPSA) is 49.4 Å². The molecule has 1 aliphatic rings. The molecule has 1 saturated heterocycles. The summed E-state index contributed by atoms with van der Waals surface area (Å²) >= 11 is 0. The number of nitrogens with one attached hydrogen (secondary N) is 1. The molecule has 1 N–H and O–H groups in total. The Morgan fingerprint density at radius 3 is 2.17 bits per heavy atom. The first-order chi connectivity index (χ1) is 11.7. The Labute approximate surface area is 142 Å². The molecule has 4 heteroatoms. The SMILES string of the molecule is O=C(NCc1ccc(C(=O)N2CCCCC2)cc1)c1ccccc1. The molecule has 0 spiro atoms. The molecule has 0 unspecified atom stereocenters. The highest BCUT2D eigenvalue weighted by molar-refractivity contribution is 5.95. The number of carbonyl (C=O) groups excluding carboxylic acids is 2. The molecule has 1 aliphatic heterocycles. The second kappa shape index (κ2) is 7.77. The summed E-state index contributed by atoms with van der Waals surface area (Å²) in [6.45, 7) is 2.16. The second-order valence-corrected chi connectivity index (χ2v) is 6.10. The van der Waals surface area contributed by atoms with Crippen LogP contribution in [0.25, 0.3) is 0 Å². The molecular weight excluding hydrogens is 300 g/mol. The van der Waals surface area contributed by atoms with Crippen LogP contribution < -0.4 is 5.32 Å². The number of amides is 2. The molecule has 0 saturated carbocycles. The maximum atomic E-state index is 12.4. The van der Waals surface area contributed by atoms with Gasteiger partial charge in [-0.2, -0.15) is 0 Å². The van der Waals surface area contributed by atoms with Crippen LogP contribution in [0.3, 0.4) is 0 Å². The van der Waals surface area contributed by atoms with Crippen LogP contribution in [-0.4, -0.2) is 29.8 Å². The average molecular weight is 322 g/mol. The van der Waals surface area contributed by atoms with Gasteiger partial charge >= 0.3 is 0 Å². The van der Waals surface area contributed by atoms with Crippen molar-refractivity contribution in [3.63, 3.8) is 0 Å². The molecule has 1 heterocycles. The minimum absolute atomic E-state index is 0.0935. The average Bonchev–Trinajstić information content (AvgIpc) is 2.67. The van der Waals surface area contributed by atoms with Crippen LogP contribution in [-0.2, 0) is 6.54 Å². The van der Waals surface area contributed by atoms with Crippen molar-refractivity contribution >= 4 is 11.8 Å². The molecule has 124 valence electrons. The van der Waals surface area contributed by atoms with Crippen LogP contribution in [0.2, 0.25) is 0 Å². The highest BCUT2D eigenvalue weighted by atomic mass is 16.2. The molecular formula is C20H22N2O2. The van der Waals surface area contributed by atoms with Gasteiger partial charge in [-0.1, -0.05) is 30.3 Å². The Balaban J connectivity index is 1.56. The van der Waals surface area contributed by atoms with E-state index >= 15 is 0 Å². The smallest absolute Gasteiger partial charge is 0.253 e. The highest BCUT2D eigenvalue weighted by Crippen LogP contribution is 2.14. The summed E-state index contributed by atoms with van der Waals surface area (Å²) < 4.78 is 0. The lowest BCUT2D eigenvalue weighted by molar-refractivity contribution is 0.0724. The Bertz CT molecular complexity index is 689. The van der Waals surface area contributed by atoms with Crippen LogP contribution in [0.5, 0.6) is 0 Å². The van der Waals surface area contributed by atoms with Crippen molar-refractivity contribution in [3.05, 3.63) is 71.3 Å². The number of hydrogen-bond acceptors (Lipinski definition) is 2. The molecule has 2 aromatic rings. The minimum atomic E-state index is -0.0935. The van der Waals surface area contributed by atoms with Crippen molar-refractivity contribution in [1.29, 1.82) is 0 Å². The summed E-state index contributed by atoms with van der Waals surface area (Å²) in [5.74, 6) is 0.0126. The first-order valence-electron chi connectivity index (χ1n) is 8.45. The van der Waals surface area contributed by atoms with Gasteiger partial charge in [0.2, 0.25) is 0 Å². The van der Waals surface area contributed by atoms with E-state index in [9.17, 15) is 9.59 Å². The number of likely N-dealkylation sites (tertiary alicyclic amines) is 1. The van der Waals surface area contributed by atoms with Crippen LogP contribution in [0.1, 0.15) is 45.5 Å². The quantitative estimate of drug-likeness (QED) is 0.939. The third-order valence-electron chi connectivity index (χ3n) is 4.33. The van der Waals surface area contributed by atoms with Gasteiger partial charge in [0.25, 0.3) is 11.8 Å². The normalized spacial score (nSPS) is 14.2. The Morgan fingerprint density at radius 2 is 1.50 bits per heavy atom. The lowest BCUT2D eigenvalue weighted by Crippen LogP contribution is -2.35. The van der Waals surface area contributed by atoms with E-state index in [4.69, 9.17) is 0 Å². The van der Waals surface area contributed by atoms with Gasteiger partial charge in [-0.15, -0.1) is 0 Å². The number of hydrogen-bond donors (Lipinski definition) is 1. The van der Waals surface area contributed by atoms with Crippen LogP contribution in [0.15, 0.2) is 54.6 Å². The summed E-state index contributed by atoms with van der Waals surface area (Å²) in [7, 11) is 0. The van der Waals surface area contributed by atoms with E-state index in [0.717, 1.165) is 37.1 Å². The summed E-state index contributed by atoms with van der Waals surface area (Å²) in [6.07, 6.45) is 3.40. The third kappa shape index (κ3) is 4.02. The number of benzene rings is 2. The molecule has 0 bridgehead atoms. The van der Waals surface area contributed by atoms with E-state index in [1.165, 1.54) is 6.42 Å². The van der Waals surface area contributed by atoms with Gasteiger partial charge in [-0.3, -0.25) is 9.59 Å². The van der Waals surface area contributed by atoms with Crippen LogP contribution in [0.4, 0.5) is 0 Å². The Morgan fingerprint density at radius 1 is 0.833 bits per heavy atom. The van der Waals surface area contributed by atoms with Gasteiger partial charge in [0.15, 0.2) is 0 Å². The van der Waals surface area contributed by atoms with Crippen molar-refractivity contribution in [3.8, 4) is 0 Å². The van der Waals surface area contributed by atoms with Crippen LogP contribution >= 0.6 is 0 Å². The number of rotatable bonds is 4. The second-order valence-electron chi connectivity index (χ2n) is 6.10. The monoisotopic (exact) mass is 322 g/mol. The lowest BCUT2D eigenvalue weighted by atomic mass is 10.1. The number of piperidine rings is 1. The Kier molecular flexibility index (Phi) is 5.26. The van der Waals surface area contributed by atoms with E-state index in [1.54, 1.807) is 12.1 Å². The van der Waals surface area contributed by atoms with Crippen molar-refractivity contribution in [1.82, 2.24) is 10.2 Å². The maximum absolute atomic E-state index is 12.4. The number of nitrogens with zero attached hydrogens (tertiary/aromatic N) is 1.